The molecule has 0 spiro atoms. The molecule has 2 nitrogen and oxygen atoms in total. The zero-order valence-electron chi connectivity index (χ0n) is 5.98. The number of allylic oxidation sites excluding steroid dienone is 1. The first-order valence-corrected chi connectivity index (χ1v) is 3.21. The van der Waals surface area contributed by atoms with E-state index in [0.29, 0.717) is 0 Å². The highest BCUT2D eigenvalue weighted by Crippen LogP contribution is 1.73. The first-order valence-electron chi connectivity index (χ1n) is 3.21. The molecule has 0 aliphatic heterocycles. The summed E-state index contributed by atoms with van der Waals surface area (Å²) in [5, 5.41) is 2.71. The van der Waals surface area contributed by atoms with Crippen LogP contribution in [0.1, 0.15) is 20.3 Å². The molecule has 2 heteroatoms. The van der Waals surface area contributed by atoms with E-state index in [-0.39, 0.29) is 5.91 Å². The van der Waals surface area contributed by atoms with Crippen molar-refractivity contribution in [2.45, 2.75) is 20.3 Å². The van der Waals surface area contributed by atoms with Crippen molar-refractivity contribution < 1.29 is 4.79 Å². The van der Waals surface area contributed by atoms with Gasteiger partial charge in [0.15, 0.2) is 0 Å². The van der Waals surface area contributed by atoms with Gasteiger partial charge in [-0.25, -0.2) is 0 Å². The summed E-state index contributed by atoms with van der Waals surface area (Å²) < 4.78 is 0. The average molecular weight is 127 g/mol. The third-order valence-corrected chi connectivity index (χ3v) is 0.867. The Labute approximate surface area is 56.0 Å². The van der Waals surface area contributed by atoms with Crippen LogP contribution in [0.2, 0.25) is 0 Å². The summed E-state index contributed by atoms with van der Waals surface area (Å²) in [6.07, 6.45) is 4.24. The summed E-state index contributed by atoms with van der Waals surface area (Å²) in [6, 6.07) is 0. The molecule has 0 aliphatic carbocycles. The minimum absolute atomic E-state index is 0.000602. The van der Waals surface area contributed by atoms with Gasteiger partial charge in [-0.2, -0.15) is 0 Å². The highest BCUT2D eigenvalue weighted by molar-refractivity contribution is 5.87. The Balaban J connectivity index is 3.27. The maximum Gasteiger partial charge on any atom is 0.243 e. The van der Waals surface area contributed by atoms with Crippen molar-refractivity contribution in [3.8, 4) is 0 Å². The Bertz CT molecular complexity index is 107. The summed E-state index contributed by atoms with van der Waals surface area (Å²) >= 11 is 0. The number of carbonyl (C=O) groups is 1. The summed E-state index contributed by atoms with van der Waals surface area (Å²) in [4.78, 5) is 10.6. The predicted molar refractivity (Wildman–Crippen MR) is 38.1 cm³/mol. The molecular weight excluding hydrogens is 114 g/mol. The molecule has 0 heterocycles. The Morgan fingerprint density at radius 3 is 2.78 bits per heavy atom. The lowest BCUT2D eigenvalue weighted by Crippen LogP contribution is -2.21. The quantitative estimate of drug-likeness (QED) is 0.565. The van der Waals surface area contributed by atoms with Crippen LogP contribution in [0.4, 0.5) is 0 Å². The molecule has 1 N–H and O–H groups in total. The lowest BCUT2D eigenvalue weighted by atomic mass is 10.4. The van der Waals surface area contributed by atoms with Crippen LogP contribution in [-0.2, 0) is 4.79 Å². The van der Waals surface area contributed by atoms with Gasteiger partial charge in [0.25, 0.3) is 0 Å². The van der Waals surface area contributed by atoms with Crippen molar-refractivity contribution in [3.63, 3.8) is 0 Å². The van der Waals surface area contributed by atoms with Gasteiger partial charge < -0.3 is 5.32 Å². The predicted octanol–water partition coefficient (Wildman–Crippen LogP) is 1.09. The molecule has 0 saturated carbocycles. The lowest BCUT2D eigenvalue weighted by molar-refractivity contribution is -0.116. The number of rotatable bonds is 3. The molecule has 0 aromatic rings. The smallest absolute Gasteiger partial charge is 0.243 e. The maximum atomic E-state index is 10.6. The molecule has 0 aliphatic rings. The van der Waals surface area contributed by atoms with Gasteiger partial charge in [0.2, 0.25) is 5.91 Å². The van der Waals surface area contributed by atoms with Gasteiger partial charge in [-0.1, -0.05) is 13.0 Å². The molecule has 0 radical (unpaired) electrons. The lowest BCUT2D eigenvalue weighted by Gasteiger charge is -1.95. The first kappa shape index (κ1) is 8.21. The normalized spacial score (nSPS) is 10.0. The molecule has 0 rings (SSSR count). The van der Waals surface area contributed by atoms with Crippen molar-refractivity contribution in [1.82, 2.24) is 5.32 Å². The van der Waals surface area contributed by atoms with Crippen molar-refractivity contribution in [2.24, 2.45) is 0 Å². The van der Waals surface area contributed by atoms with Crippen LogP contribution >= 0.6 is 0 Å². The second kappa shape index (κ2) is 5.35. The fourth-order valence-corrected chi connectivity index (χ4v) is 0.459. The number of nitrogens with one attached hydrogen (secondary N) is 1. The van der Waals surface area contributed by atoms with Gasteiger partial charge >= 0.3 is 0 Å². The standard InChI is InChI=1S/C7H13NO/c1-3-5-7(9)8-6-4-2/h3,5H,4,6H2,1-2H3,(H,8,9). The van der Waals surface area contributed by atoms with E-state index in [1.165, 1.54) is 6.08 Å². The van der Waals surface area contributed by atoms with Gasteiger partial charge in [0.1, 0.15) is 0 Å². The summed E-state index contributed by atoms with van der Waals surface area (Å²) in [5.74, 6) is -0.000602. The maximum absolute atomic E-state index is 10.6. The SMILES string of the molecule is CC=CC(=O)NCCC. The molecule has 0 fully saturated rings. The van der Waals surface area contributed by atoms with E-state index in [9.17, 15) is 4.79 Å². The van der Waals surface area contributed by atoms with Crippen LogP contribution in [0.15, 0.2) is 12.2 Å². The number of hydrogen-bond acceptors (Lipinski definition) is 1. The third-order valence-electron chi connectivity index (χ3n) is 0.867. The van der Waals surface area contributed by atoms with Crippen LogP contribution in [0.3, 0.4) is 0 Å². The van der Waals surface area contributed by atoms with Crippen LogP contribution < -0.4 is 5.32 Å². The van der Waals surface area contributed by atoms with Crippen LogP contribution in [0.5, 0.6) is 0 Å². The second-order valence-electron chi connectivity index (χ2n) is 1.79. The summed E-state index contributed by atoms with van der Waals surface area (Å²) in [7, 11) is 0. The van der Waals surface area contributed by atoms with Gasteiger partial charge in [0, 0.05) is 6.54 Å². The molecule has 0 saturated heterocycles. The Hall–Kier alpha value is -0.790. The molecule has 9 heavy (non-hydrogen) atoms. The molecule has 0 bridgehead atoms. The summed E-state index contributed by atoms with van der Waals surface area (Å²) in [6.45, 7) is 4.62. The largest absolute Gasteiger partial charge is 0.353 e. The Morgan fingerprint density at radius 1 is 1.67 bits per heavy atom. The van der Waals surface area contributed by atoms with Gasteiger partial charge in [0.05, 0.1) is 0 Å². The van der Waals surface area contributed by atoms with Crippen molar-refractivity contribution in [2.75, 3.05) is 6.54 Å². The van der Waals surface area contributed by atoms with E-state index in [1.54, 1.807) is 6.08 Å². The van der Waals surface area contributed by atoms with Crippen molar-refractivity contribution in [1.29, 1.82) is 0 Å². The monoisotopic (exact) mass is 127 g/mol. The third kappa shape index (κ3) is 5.07. The minimum Gasteiger partial charge on any atom is -0.353 e. The molecule has 0 aromatic carbocycles. The second-order valence-corrected chi connectivity index (χ2v) is 1.79. The van der Waals surface area contributed by atoms with Gasteiger partial charge in [-0.15, -0.1) is 0 Å². The molecule has 0 atom stereocenters. The van der Waals surface area contributed by atoms with E-state index >= 15 is 0 Å². The molecular formula is C7H13NO. The van der Waals surface area contributed by atoms with E-state index in [1.807, 2.05) is 13.8 Å². The number of hydrogen-bond donors (Lipinski definition) is 1. The molecule has 0 aromatic heterocycles. The van der Waals surface area contributed by atoms with E-state index in [0.717, 1.165) is 13.0 Å². The van der Waals surface area contributed by atoms with E-state index < -0.39 is 0 Å². The fraction of sp³-hybridized carbons (Fsp3) is 0.571. The van der Waals surface area contributed by atoms with E-state index in [4.69, 9.17) is 0 Å². The minimum atomic E-state index is -0.000602. The van der Waals surface area contributed by atoms with Crippen LogP contribution in [0.25, 0.3) is 0 Å². The molecule has 1 amide bonds. The zero-order valence-corrected chi connectivity index (χ0v) is 5.98. The first-order chi connectivity index (χ1) is 4.31. The topological polar surface area (TPSA) is 29.1 Å². The van der Waals surface area contributed by atoms with Crippen molar-refractivity contribution in [3.05, 3.63) is 12.2 Å². The number of amides is 1. The van der Waals surface area contributed by atoms with Crippen molar-refractivity contribution >= 4 is 5.91 Å². The van der Waals surface area contributed by atoms with Crippen LogP contribution in [0, 0.1) is 0 Å². The van der Waals surface area contributed by atoms with Gasteiger partial charge in [-0.3, -0.25) is 4.79 Å². The van der Waals surface area contributed by atoms with Crippen LogP contribution in [-0.4, -0.2) is 12.5 Å². The molecule has 0 unspecified atom stereocenters. The van der Waals surface area contributed by atoms with Gasteiger partial charge in [-0.05, 0) is 19.4 Å². The highest BCUT2D eigenvalue weighted by Gasteiger charge is 1.88. The average Bonchev–Trinajstić information content (AvgIpc) is 1.85. The fourth-order valence-electron chi connectivity index (χ4n) is 0.459. The Morgan fingerprint density at radius 2 is 2.33 bits per heavy atom. The molecule has 52 valence electrons. The summed E-state index contributed by atoms with van der Waals surface area (Å²) in [5.41, 5.74) is 0. The zero-order chi connectivity index (χ0) is 7.11. The van der Waals surface area contributed by atoms with E-state index in [2.05, 4.69) is 5.32 Å². The number of carbonyl (C=O) groups excluding carboxylic acids is 1. The Kier molecular flexibility index (Phi) is 4.88. The highest BCUT2D eigenvalue weighted by atomic mass is 16.1.